The van der Waals surface area contributed by atoms with Gasteiger partial charge in [-0.05, 0) is 52.7 Å². The lowest BCUT2D eigenvalue weighted by atomic mass is 10.0. The number of para-hydroxylation sites is 2. The first-order valence-electron chi connectivity index (χ1n) is 16.2. The first-order chi connectivity index (χ1) is 23.8. The standard InChI is InChI=1S/C43H28N4O/c1-2-12-28(13-3-1)41-44-42(46-43(45-41)36-18-10-14-27-11-4-5-15-31(27)36)29-21-23-34-35-24-22-30(26-40(35)48-39(34)25-29)47-37-19-8-6-16-32(37)33-17-7-9-20-38(33)47/h1-26,41H,(H,44,45,46). The summed E-state index contributed by atoms with van der Waals surface area (Å²) in [6.07, 6.45) is -0.284. The fraction of sp³-hybridized carbons (Fsp3) is 0.0233. The largest absolute Gasteiger partial charge is 0.456 e. The Labute approximate surface area is 276 Å². The Hall–Kier alpha value is -6.46. The molecule has 2 aromatic heterocycles. The zero-order valence-corrected chi connectivity index (χ0v) is 25.8. The molecule has 0 radical (unpaired) electrons. The highest BCUT2D eigenvalue weighted by Gasteiger charge is 2.23. The number of rotatable bonds is 4. The number of hydrogen-bond acceptors (Lipinski definition) is 4. The van der Waals surface area contributed by atoms with Crippen molar-refractivity contribution in [2.45, 2.75) is 6.17 Å². The van der Waals surface area contributed by atoms with Crippen molar-refractivity contribution in [1.82, 2.24) is 9.88 Å². The summed E-state index contributed by atoms with van der Waals surface area (Å²) in [6.45, 7) is 0. The minimum Gasteiger partial charge on any atom is -0.456 e. The third-order valence-electron chi connectivity index (χ3n) is 9.46. The van der Waals surface area contributed by atoms with E-state index in [1.807, 2.05) is 18.2 Å². The van der Waals surface area contributed by atoms with E-state index in [0.29, 0.717) is 5.84 Å². The molecule has 7 aromatic carbocycles. The smallest absolute Gasteiger partial charge is 0.159 e. The van der Waals surface area contributed by atoms with Gasteiger partial charge in [-0.15, -0.1) is 0 Å². The SMILES string of the molecule is c1ccc(C2N=C(c3ccc4c(c3)oc3cc(-n5c6ccccc6c6ccccc65)ccc34)N=C(c3cccc4ccccc34)N2)cc1. The lowest BCUT2D eigenvalue weighted by Crippen LogP contribution is -2.33. The van der Waals surface area contributed by atoms with Crippen molar-refractivity contribution in [2.24, 2.45) is 9.98 Å². The molecule has 0 fully saturated rings. The summed E-state index contributed by atoms with van der Waals surface area (Å²) in [7, 11) is 0. The number of aromatic nitrogens is 1. The van der Waals surface area contributed by atoms with Gasteiger partial charge in [-0.3, -0.25) is 0 Å². The van der Waals surface area contributed by atoms with Crippen LogP contribution in [-0.4, -0.2) is 16.2 Å². The van der Waals surface area contributed by atoms with Crippen LogP contribution in [0.5, 0.6) is 0 Å². The third kappa shape index (κ3) is 4.18. The number of aliphatic imine (C=N–C) groups is 2. The van der Waals surface area contributed by atoms with E-state index in [9.17, 15) is 0 Å². The zero-order valence-electron chi connectivity index (χ0n) is 25.8. The van der Waals surface area contributed by atoms with Gasteiger partial charge in [-0.2, -0.15) is 0 Å². The molecule has 1 atom stereocenters. The molecule has 5 heteroatoms. The van der Waals surface area contributed by atoms with Crippen LogP contribution >= 0.6 is 0 Å². The molecular weight excluding hydrogens is 589 g/mol. The maximum Gasteiger partial charge on any atom is 0.159 e. The summed E-state index contributed by atoms with van der Waals surface area (Å²) in [5.41, 5.74) is 8.09. The maximum absolute atomic E-state index is 6.59. The molecule has 1 N–H and O–H groups in total. The van der Waals surface area contributed by atoms with E-state index in [1.165, 1.54) is 27.2 Å². The highest BCUT2D eigenvalue weighted by molar-refractivity contribution is 6.18. The molecule has 0 amide bonds. The molecule has 0 aliphatic carbocycles. The predicted octanol–water partition coefficient (Wildman–Crippen LogP) is 10.3. The first kappa shape index (κ1) is 26.7. The normalized spacial score (nSPS) is 14.9. The van der Waals surface area contributed by atoms with Crippen LogP contribution in [0.1, 0.15) is 22.9 Å². The van der Waals surface area contributed by atoms with Crippen LogP contribution in [0.4, 0.5) is 0 Å². The highest BCUT2D eigenvalue weighted by Crippen LogP contribution is 2.36. The summed E-state index contributed by atoms with van der Waals surface area (Å²) in [4.78, 5) is 10.2. The van der Waals surface area contributed by atoms with Crippen LogP contribution in [0.3, 0.4) is 0 Å². The van der Waals surface area contributed by atoms with Gasteiger partial charge in [0.15, 0.2) is 5.84 Å². The average molecular weight is 617 g/mol. The lowest BCUT2D eigenvalue weighted by Gasteiger charge is -2.24. The predicted molar refractivity (Wildman–Crippen MR) is 197 cm³/mol. The average Bonchev–Trinajstić information content (AvgIpc) is 3.69. The van der Waals surface area contributed by atoms with E-state index < -0.39 is 0 Å². The van der Waals surface area contributed by atoms with Gasteiger partial charge >= 0.3 is 0 Å². The van der Waals surface area contributed by atoms with Crippen LogP contribution < -0.4 is 5.32 Å². The molecular formula is C43H28N4O. The van der Waals surface area contributed by atoms with Crippen molar-refractivity contribution in [1.29, 1.82) is 0 Å². The molecule has 1 aliphatic rings. The van der Waals surface area contributed by atoms with Crippen molar-refractivity contribution < 1.29 is 4.42 Å². The molecule has 0 saturated carbocycles. The summed E-state index contributed by atoms with van der Waals surface area (Å²) in [5, 5.41) is 10.6. The Kier molecular flexibility index (Phi) is 5.87. The molecule has 5 nitrogen and oxygen atoms in total. The van der Waals surface area contributed by atoms with Crippen molar-refractivity contribution in [3.05, 3.63) is 174 Å². The van der Waals surface area contributed by atoms with E-state index in [-0.39, 0.29) is 6.17 Å². The second-order valence-corrected chi connectivity index (χ2v) is 12.3. The first-order valence-corrected chi connectivity index (χ1v) is 16.2. The van der Waals surface area contributed by atoms with Gasteiger partial charge < -0.3 is 14.3 Å². The number of nitrogens with zero attached hydrogens (tertiary/aromatic N) is 3. The lowest BCUT2D eigenvalue weighted by molar-refractivity contribution is 0.667. The topological polar surface area (TPSA) is 54.8 Å². The number of fused-ring (bicyclic) bond motifs is 7. The van der Waals surface area contributed by atoms with Crippen LogP contribution in [0, 0.1) is 0 Å². The van der Waals surface area contributed by atoms with Gasteiger partial charge in [0.05, 0.1) is 11.0 Å². The summed E-state index contributed by atoms with van der Waals surface area (Å²) in [5.74, 6) is 1.46. The maximum atomic E-state index is 6.59. The van der Waals surface area contributed by atoms with Crippen molar-refractivity contribution >= 4 is 66.2 Å². The Balaban J connectivity index is 1.11. The minimum absolute atomic E-state index is 0.284. The third-order valence-corrected chi connectivity index (χ3v) is 9.46. The second-order valence-electron chi connectivity index (χ2n) is 12.3. The molecule has 10 rings (SSSR count). The number of amidine groups is 2. The van der Waals surface area contributed by atoms with Crippen LogP contribution in [0.25, 0.3) is 60.2 Å². The molecule has 9 aromatic rings. The number of nitrogens with one attached hydrogen (secondary N) is 1. The van der Waals surface area contributed by atoms with Gasteiger partial charge in [0.1, 0.15) is 23.2 Å². The second kappa shape index (κ2) is 10.5. The summed E-state index contributed by atoms with van der Waals surface area (Å²) in [6, 6.07) is 55.0. The van der Waals surface area contributed by atoms with Gasteiger partial charge in [0.2, 0.25) is 0 Å². The molecule has 226 valence electrons. The van der Waals surface area contributed by atoms with E-state index >= 15 is 0 Å². The van der Waals surface area contributed by atoms with E-state index in [2.05, 4.69) is 149 Å². The van der Waals surface area contributed by atoms with Crippen LogP contribution in [-0.2, 0) is 0 Å². The Morgan fingerprint density at radius 2 is 1.19 bits per heavy atom. The van der Waals surface area contributed by atoms with Gasteiger partial charge in [0, 0.05) is 44.4 Å². The molecule has 1 unspecified atom stereocenters. The molecule has 0 spiro atoms. The molecule has 1 aliphatic heterocycles. The van der Waals surface area contributed by atoms with Gasteiger partial charge in [-0.25, -0.2) is 9.98 Å². The van der Waals surface area contributed by atoms with Crippen LogP contribution in [0.2, 0.25) is 0 Å². The fourth-order valence-electron chi connectivity index (χ4n) is 7.20. The van der Waals surface area contributed by atoms with Crippen molar-refractivity contribution in [3.63, 3.8) is 0 Å². The van der Waals surface area contributed by atoms with Gasteiger partial charge in [0.25, 0.3) is 0 Å². The van der Waals surface area contributed by atoms with Crippen molar-refractivity contribution in [2.75, 3.05) is 0 Å². The molecule has 48 heavy (non-hydrogen) atoms. The molecule has 0 saturated heterocycles. The van der Waals surface area contributed by atoms with E-state index in [0.717, 1.165) is 55.5 Å². The summed E-state index contributed by atoms with van der Waals surface area (Å²) >= 11 is 0. The monoisotopic (exact) mass is 616 g/mol. The Bertz CT molecular complexity index is 2710. The van der Waals surface area contributed by atoms with Crippen LogP contribution in [0.15, 0.2) is 172 Å². The molecule has 3 heterocycles. The van der Waals surface area contributed by atoms with Gasteiger partial charge in [-0.1, -0.05) is 115 Å². The Morgan fingerprint density at radius 1 is 0.542 bits per heavy atom. The minimum atomic E-state index is -0.284. The zero-order chi connectivity index (χ0) is 31.6. The number of hydrogen-bond donors (Lipinski definition) is 1. The Morgan fingerprint density at radius 3 is 1.98 bits per heavy atom. The quantitative estimate of drug-likeness (QED) is 0.214. The van der Waals surface area contributed by atoms with E-state index in [1.54, 1.807) is 0 Å². The number of furan rings is 1. The molecule has 0 bridgehead atoms. The number of benzene rings is 7. The fourth-order valence-corrected chi connectivity index (χ4v) is 7.20. The van der Waals surface area contributed by atoms with Crippen molar-refractivity contribution in [3.8, 4) is 5.69 Å². The summed E-state index contributed by atoms with van der Waals surface area (Å²) < 4.78 is 8.91. The highest BCUT2D eigenvalue weighted by atomic mass is 16.3. The van der Waals surface area contributed by atoms with E-state index in [4.69, 9.17) is 14.4 Å².